The molecular formula is C19H20F3N3O4S. The Balaban J connectivity index is 1.65. The Bertz CT molecular complexity index is 1020. The zero-order chi connectivity index (χ0) is 22.1. The topological polar surface area (TPSA) is 79.8 Å². The van der Waals surface area contributed by atoms with Gasteiger partial charge in [0, 0.05) is 44.9 Å². The maximum absolute atomic E-state index is 12.8. The van der Waals surface area contributed by atoms with Crippen LogP contribution >= 0.6 is 0 Å². The summed E-state index contributed by atoms with van der Waals surface area (Å²) in [6.45, 7) is 0.550. The molecule has 7 nitrogen and oxygen atoms in total. The van der Waals surface area contributed by atoms with Crippen LogP contribution in [0.1, 0.15) is 22.3 Å². The van der Waals surface area contributed by atoms with Crippen LogP contribution in [0.2, 0.25) is 0 Å². The average molecular weight is 443 g/mol. The van der Waals surface area contributed by atoms with Crippen molar-refractivity contribution < 1.29 is 31.1 Å². The van der Waals surface area contributed by atoms with E-state index in [0.29, 0.717) is 18.5 Å². The quantitative estimate of drug-likeness (QED) is 0.710. The van der Waals surface area contributed by atoms with Crippen LogP contribution in [0, 0.1) is 0 Å². The monoisotopic (exact) mass is 443 g/mol. The van der Waals surface area contributed by atoms with Gasteiger partial charge < -0.3 is 9.64 Å². The van der Waals surface area contributed by atoms with Crippen molar-refractivity contribution in [3.05, 3.63) is 53.7 Å². The van der Waals surface area contributed by atoms with Gasteiger partial charge in [-0.15, -0.1) is 0 Å². The van der Waals surface area contributed by atoms with Gasteiger partial charge in [-0.2, -0.15) is 13.2 Å². The molecule has 0 spiro atoms. The van der Waals surface area contributed by atoms with Crippen molar-refractivity contribution in [1.82, 2.24) is 14.2 Å². The first-order chi connectivity index (χ1) is 14.0. The number of carbonyl (C=O) groups is 1. The second kappa shape index (κ2) is 8.23. The second-order valence-electron chi connectivity index (χ2n) is 6.97. The smallest absolute Gasteiger partial charge is 0.416 e. The molecule has 1 saturated heterocycles. The van der Waals surface area contributed by atoms with E-state index >= 15 is 0 Å². The predicted molar refractivity (Wildman–Crippen MR) is 101 cm³/mol. The maximum Gasteiger partial charge on any atom is 0.416 e. The molecule has 0 radical (unpaired) electrons. The van der Waals surface area contributed by atoms with Gasteiger partial charge >= 0.3 is 6.18 Å². The second-order valence-corrected chi connectivity index (χ2v) is 9.12. The molecule has 0 bridgehead atoms. The Kier molecular flexibility index (Phi) is 6.04. The first kappa shape index (κ1) is 22.0. The van der Waals surface area contributed by atoms with Crippen LogP contribution in [0.3, 0.4) is 0 Å². The van der Waals surface area contributed by atoms with E-state index in [1.807, 2.05) is 0 Å². The van der Waals surface area contributed by atoms with E-state index in [0.717, 1.165) is 22.6 Å². The number of amides is 1. The normalized spacial score (nSPS) is 17.4. The SMILES string of the molecule is CN(C)S(=O)(=O)c1ccc(C(=O)N2CCC(Oc3cc(C(F)(F)F)ccn3)C2)cc1. The number of nitrogens with zero attached hydrogens (tertiary/aromatic N) is 3. The summed E-state index contributed by atoms with van der Waals surface area (Å²) in [5.74, 6) is -0.464. The Labute approximate surface area is 172 Å². The average Bonchev–Trinajstić information content (AvgIpc) is 3.15. The number of carbonyl (C=O) groups excluding carboxylic acids is 1. The van der Waals surface area contributed by atoms with E-state index in [1.165, 1.54) is 43.3 Å². The lowest BCUT2D eigenvalue weighted by atomic mass is 10.2. The van der Waals surface area contributed by atoms with Crippen molar-refractivity contribution >= 4 is 15.9 Å². The number of alkyl halides is 3. The Morgan fingerprint density at radius 3 is 2.47 bits per heavy atom. The Hall–Kier alpha value is -2.66. The highest BCUT2D eigenvalue weighted by molar-refractivity contribution is 7.89. The fourth-order valence-electron chi connectivity index (χ4n) is 2.99. The number of benzene rings is 1. The molecule has 11 heteroatoms. The molecule has 0 N–H and O–H groups in total. The third-order valence-electron chi connectivity index (χ3n) is 4.66. The van der Waals surface area contributed by atoms with Gasteiger partial charge in [0.05, 0.1) is 17.0 Å². The lowest BCUT2D eigenvalue weighted by molar-refractivity contribution is -0.137. The van der Waals surface area contributed by atoms with Crippen LogP contribution in [-0.2, 0) is 16.2 Å². The molecule has 1 aliphatic heterocycles. The fraction of sp³-hybridized carbons (Fsp3) is 0.368. The van der Waals surface area contributed by atoms with Crippen molar-refractivity contribution in [3.63, 3.8) is 0 Å². The van der Waals surface area contributed by atoms with E-state index < -0.39 is 27.9 Å². The molecule has 1 unspecified atom stereocenters. The molecular weight excluding hydrogens is 423 g/mol. The van der Waals surface area contributed by atoms with Gasteiger partial charge in [0.15, 0.2) is 0 Å². The van der Waals surface area contributed by atoms with Crippen molar-refractivity contribution in [2.75, 3.05) is 27.2 Å². The number of rotatable bonds is 5. The van der Waals surface area contributed by atoms with Crippen LogP contribution in [-0.4, -0.2) is 61.8 Å². The van der Waals surface area contributed by atoms with Gasteiger partial charge in [0.25, 0.3) is 5.91 Å². The number of aromatic nitrogens is 1. The highest BCUT2D eigenvalue weighted by Gasteiger charge is 2.32. The van der Waals surface area contributed by atoms with Crippen LogP contribution in [0.5, 0.6) is 5.88 Å². The van der Waals surface area contributed by atoms with Crippen LogP contribution < -0.4 is 4.74 Å². The zero-order valence-corrected chi connectivity index (χ0v) is 17.1. The van der Waals surface area contributed by atoms with Crippen molar-refractivity contribution in [2.24, 2.45) is 0 Å². The minimum Gasteiger partial charge on any atom is -0.472 e. The molecule has 1 aromatic heterocycles. The molecule has 1 amide bonds. The summed E-state index contributed by atoms with van der Waals surface area (Å²) in [5.41, 5.74) is -0.545. The first-order valence-electron chi connectivity index (χ1n) is 9.00. The van der Waals surface area contributed by atoms with E-state index in [-0.39, 0.29) is 23.2 Å². The third kappa shape index (κ3) is 4.73. The van der Waals surface area contributed by atoms with Gasteiger partial charge in [-0.05, 0) is 30.3 Å². The molecule has 1 aliphatic rings. The molecule has 2 heterocycles. The van der Waals surface area contributed by atoms with Gasteiger partial charge in [0.2, 0.25) is 15.9 Å². The Morgan fingerprint density at radius 2 is 1.87 bits per heavy atom. The molecule has 1 atom stereocenters. The number of halogens is 3. The van der Waals surface area contributed by atoms with Crippen molar-refractivity contribution in [3.8, 4) is 5.88 Å². The van der Waals surface area contributed by atoms with Crippen LogP contribution in [0.25, 0.3) is 0 Å². The molecule has 1 fully saturated rings. The van der Waals surface area contributed by atoms with Crippen molar-refractivity contribution in [2.45, 2.75) is 23.6 Å². The molecule has 0 aliphatic carbocycles. The number of hydrogen-bond donors (Lipinski definition) is 0. The lowest BCUT2D eigenvalue weighted by Crippen LogP contribution is -2.31. The summed E-state index contributed by atoms with van der Waals surface area (Å²) in [6.07, 6.45) is -3.51. The minimum absolute atomic E-state index is 0.0716. The largest absolute Gasteiger partial charge is 0.472 e. The highest BCUT2D eigenvalue weighted by Crippen LogP contribution is 2.31. The summed E-state index contributed by atoms with van der Waals surface area (Å²) >= 11 is 0. The standard InChI is InChI=1S/C19H20F3N3O4S/c1-24(2)30(27,28)16-5-3-13(4-6-16)18(26)25-10-8-15(12-25)29-17-11-14(7-9-23-17)19(20,21)22/h3-7,9,11,15H,8,10,12H2,1-2H3. The fourth-order valence-corrected chi connectivity index (χ4v) is 3.89. The van der Waals surface area contributed by atoms with Crippen LogP contribution in [0.4, 0.5) is 13.2 Å². The maximum atomic E-state index is 12.8. The lowest BCUT2D eigenvalue weighted by Gasteiger charge is -2.18. The number of hydrogen-bond acceptors (Lipinski definition) is 5. The van der Waals surface area contributed by atoms with E-state index in [1.54, 1.807) is 0 Å². The van der Waals surface area contributed by atoms with Gasteiger partial charge in [-0.25, -0.2) is 17.7 Å². The van der Waals surface area contributed by atoms with Gasteiger partial charge in [-0.3, -0.25) is 4.79 Å². The molecule has 162 valence electrons. The number of sulfonamides is 1. The summed E-state index contributed by atoms with van der Waals surface area (Å²) in [5, 5.41) is 0. The van der Waals surface area contributed by atoms with Gasteiger partial charge in [-0.1, -0.05) is 0 Å². The van der Waals surface area contributed by atoms with E-state index in [9.17, 15) is 26.4 Å². The summed E-state index contributed by atoms with van der Waals surface area (Å²) in [7, 11) is -0.765. The van der Waals surface area contributed by atoms with E-state index in [4.69, 9.17) is 4.74 Å². The predicted octanol–water partition coefficient (Wildman–Crippen LogP) is 2.64. The molecule has 3 rings (SSSR count). The highest BCUT2D eigenvalue weighted by atomic mass is 32.2. The van der Waals surface area contributed by atoms with Crippen LogP contribution in [0.15, 0.2) is 47.5 Å². The summed E-state index contributed by atoms with van der Waals surface area (Å²) in [4.78, 5) is 18.1. The number of pyridine rings is 1. The molecule has 1 aromatic carbocycles. The minimum atomic E-state index is -4.50. The Morgan fingerprint density at radius 1 is 1.20 bits per heavy atom. The van der Waals surface area contributed by atoms with E-state index in [2.05, 4.69) is 4.98 Å². The van der Waals surface area contributed by atoms with Crippen molar-refractivity contribution in [1.29, 1.82) is 0 Å². The molecule has 0 saturated carbocycles. The van der Waals surface area contributed by atoms with Gasteiger partial charge in [0.1, 0.15) is 6.10 Å². The summed E-state index contributed by atoms with van der Waals surface area (Å²) in [6, 6.07) is 7.27. The first-order valence-corrected chi connectivity index (χ1v) is 10.4. The number of ether oxygens (including phenoxy) is 1. The summed E-state index contributed by atoms with van der Waals surface area (Å²) < 4.78 is 69.2. The number of likely N-dealkylation sites (tertiary alicyclic amines) is 1. The third-order valence-corrected chi connectivity index (χ3v) is 6.49. The molecule has 2 aromatic rings. The molecule has 30 heavy (non-hydrogen) atoms. The zero-order valence-electron chi connectivity index (χ0n) is 16.3.